The Labute approximate surface area is 144 Å². The highest BCUT2D eigenvalue weighted by Gasteiger charge is 2.25. The number of fused-ring (bicyclic) bond motifs is 1. The zero-order chi connectivity index (χ0) is 18.0. The third-order valence-corrected chi connectivity index (χ3v) is 3.94. The van der Waals surface area contributed by atoms with Crippen molar-refractivity contribution < 1.29 is 19.1 Å². The smallest absolute Gasteiger partial charge is 0.341 e. The minimum Gasteiger partial charge on any atom is -0.496 e. The van der Waals surface area contributed by atoms with Gasteiger partial charge >= 0.3 is 12.0 Å². The first-order valence-electron chi connectivity index (χ1n) is 7.68. The number of aromatic nitrogens is 2. The molecule has 2 N–H and O–H groups in total. The molecule has 1 aromatic heterocycles. The molecule has 2 aromatic rings. The van der Waals surface area contributed by atoms with Crippen LogP contribution in [0.25, 0.3) is 0 Å². The lowest BCUT2D eigenvalue weighted by molar-refractivity contribution is 0.0597. The number of hydrogen-bond acceptors (Lipinski definition) is 6. The largest absolute Gasteiger partial charge is 0.496 e. The number of amides is 2. The van der Waals surface area contributed by atoms with Gasteiger partial charge in [0.1, 0.15) is 17.1 Å². The topological polar surface area (TPSA) is 97.7 Å². The standard InChI is InChI=1S/C16H19N5O4/c1-17-16(23)18-13-9-14-20(6-7-21(14)19-13)10-4-5-11(15(22)25-3)12(8-10)24-2/h4-5,8-9H,6-7H2,1-3H3,(H2,17,18,19,23). The van der Waals surface area contributed by atoms with Crippen LogP contribution in [0.4, 0.5) is 22.1 Å². The molecular formula is C16H19N5O4. The maximum absolute atomic E-state index is 11.8. The molecule has 9 heteroatoms. The van der Waals surface area contributed by atoms with E-state index in [4.69, 9.17) is 9.47 Å². The second-order valence-electron chi connectivity index (χ2n) is 5.34. The molecule has 0 fully saturated rings. The summed E-state index contributed by atoms with van der Waals surface area (Å²) in [5, 5.41) is 9.49. The molecule has 0 atom stereocenters. The molecule has 9 nitrogen and oxygen atoms in total. The van der Waals surface area contributed by atoms with Gasteiger partial charge in [-0.3, -0.25) is 5.32 Å². The van der Waals surface area contributed by atoms with Crippen molar-refractivity contribution in [1.29, 1.82) is 0 Å². The second-order valence-corrected chi connectivity index (χ2v) is 5.34. The van der Waals surface area contributed by atoms with Gasteiger partial charge in [0.25, 0.3) is 0 Å². The Bertz CT molecular complexity index is 817. The fourth-order valence-electron chi connectivity index (χ4n) is 2.73. The molecule has 0 bridgehead atoms. The molecule has 2 heterocycles. The predicted molar refractivity (Wildman–Crippen MR) is 91.6 cm³/mol. The summed E-state index contributed by atoms with van der Waals surface area (Å²) < 4.78 is 11.9. The fourth-order valence-corrected chi connectivity index (χ4v) is 2.73. The van der Waals surface area contributed by atoms with Crippen LogP contribution in [-0.2, 0) is 11.3 Å². The molecule has 1 aliphatic rings. The highest BCUT2D eigenvalue weighted by Crippen LogP contribution is 2.35. The Morgan fingerprint density at radius 1 is 1.20 bits per heavy atom. The number of nitrogens with one attached hydrogen (secondary N) is 2. The number of carbonyl (C=O) groups excluding carboxylic acids is 2. The fraction of sp³-hybridized carbons (Fsp3) is 0.312. The summed E-state index contributed by atoms with van der Waals surface area (Å²) in [5.41, 5.74) is 1.22. The van der Waals surface area contributed by atoms with Crippen LogP contribution < -0.4 is 20.3 Å². The first-order valence-corrected chi connectivity index (χ1v) is 7.68. The number of anilines is 3. The predicted octanol–water partition coefficient (Wildman–Crippen LogP) is 1.58. The third kappa shape index (κ3) is 3.08. The number of carbonyl (C=O) groups is 2. The average Bonchev–Trinajstić information content (AvgIpc) is 3.20. The van der Waals surface area contributed by atoms with Gasteiger partial charge in [0.15, 0.2) is 5.82 Å². The zero-order valence-corrected chi connectivity index (χ0v) is 14.2. The van der Waals surface area contributed by atoms with Gasteiger partial charge in [0, 0.05) is 31.4 Å². The van der Waals surface area contributed by atoms with E-state index >= 15 is 0 Å². The molecule has 0 unspecified atom stereocenters. The number of benzene rings is 1. The van der Waals surface area contributed by atoms with E-state index in [-0.39, 0.29) is 6.03 Å². The number of rotatable bonds is 4. The molecule has 2 amide bonds. The minimum absolute atomic E-state index is 0.326. The quantitative estimate of drug-likeness (QED) is 0.817. The first-order chi connectivity index (χ1) is 12.1. The van der Waals surface area contributed by atoms with Gasteiger partial charge in [-0.2, -0.15) is 5.10 Å². The van der Waals surface area contributed by atoms with Crippen molar-refractivity contribution in [3.8, 4) is 5.75 Å². The summed E-state index contributed by atoms with van der Waals surface area (Å²) in [6, 6.07) is 6.74. The normalized spacial score (nSPS) is 12.5. The van der Waals surface area contributed by atoms with Crippen LogP contribution in [0.1, 0.15) is 10.4 Å². The molecular weight excluding hydrogens is 326 g/mol. The number of hydrogen-bond donors (Lipinski definition) is 2. The van der Waals surface area contributed by atoms with Crippen LogP contribution in [0.2, 0.25) is 0 Å². The summed E-state index contributed by atoms with van der Waals surface area (Å²) >= 11 is 0. The van der Waals surface area contributed by atoms with Crippen LogP contribution >= 0.6 is 0 Å². The van der Waals surface area contributed by atoms with Crippen molar-refractivity contribution in [3.05, 3.63) is 29.8 Å². The van der Waals surface area contributed by atoms with E-state index < -0.39 is 5.97 Å². The number of methoxy groups -OCH3 is 2. The molecule has 0 saturated heterocycles. The Balaban J connectivity index is 1.90. The van der Waals surface area contributed by atoms with Crippen LogP contribution in [0.5, 0.6) is 5.75 Å². The maximum atomic E-state index is 11.8. The summed E-state index contributed by atoms with van der Waals surface area (Å²) in [6.07, 6.45) is 0. The van der Waals surface area contributed by atoms with Crippen molar-refractivity contribution in [2.45, 2.75) is 6.54 Å². The first kappa shape index (κ1) is 16.6. The summed E-state index contributed by atoms with van der Waals surface area (Å²) in [7, 11) is 4.38. The Hall–Kier alpha value is -3.23. The van der Waals surface area contributed by atoms with Crippen molar-refractivity contribution >= 4 is 29.3 Å². The lowest BCUT2D eigenvalue weighted by Crippen LogP contribution is -2.24. The van der Waals surface area contributed by atoms with Crippen molar-refractivity contribution in [1.82, 2.24) is 15.1 Å². The summed E-state index contributed by atoms with van der Waals surface area (Å²) in [4.78, 5) is 25.2. The third-order valence-electron chi connectivity index (χ3n) is 3.94. The number of nitrogens with zero attached hydrogens (tertiary/aromatic N) is 3. The van der Waals surface area contributed by atoms with E-state index in [1.54, 1.807) is 25.2 Å². The molecule has 1 aliphatic heterocycles. The lowest BCUT2D eigenvalue weighted by Gasteiger charge is -2.18. The van der Waals surface area contributed by atoms with E-state index in [1.165, 1.54) is 14.2 Å². The van der Waals surface area contributed by atoms with Crippen LogP contribution in [-0.4, -0.2) is 49.6 Å². The van der Waals surface area contributed by atoms with Crippen LogP contribution in [0.15, 0.2) is 24.3 Å². The van der Waals surface area contributed by atoms with E-state index in [2.05, 4.69) is 15.7 Å². The zero-order valence-electron chi connectivity index (χ0n) is 14.2. The van der Waals surface area contributed by atoms with Crippen LogP contribution in [0, 0.1) is 0 Å². The monoisotopic (exact) mass is 345 g/mol. The molecule has 0 spiro atoms. The Kier molecular flexibility index (Phi) is 4.46. The lowest BCUT2D eigenvalue weighted by atomic mass is 10.1. The Morgan fingerprint density at radius 2 is 2.00 bits per heavy atom. The maximum Gasteiger partial charge on any atom is 0.341 e. The van der Waals surface area contributed by atoms with E-state index in [0.717, 1.165) is 18.1 Å². The van der Waals surface area contributed by atoms with Crippen molar-refractivity contribution in [3.63, 3.8) is 0 Å². The summed E-state index contributed by atoms with van der Waals surface area (Å²) in [5.74, 6) is 1.30. The SMILES string of the molecule is CNC(=O)Nc1cc2n(n1)CCN2c1ccc(C(=O)OC)c(OC)c1. The molecule has 0 aliphatic carbocycles. The van der Waals surface area contributed by atoms with E-state index in [1.807, 2.05) is 15.6 Å². The van der Waals surface area contributed by atoms with Crippen molar-refractivity contribution in [2.24, 2.45) is 0 Å². The minimum atomic E-state index is -0.452. The number of urea groups is 1. The highest BCUT2D eigenvalue weighted by atomic mass is 16.5. The highest BCUT2D eigenvalue weighted by molar-refractivity contribution is 5.93. The van der Waals surface area contributed by atoms with Gasteiger partial charge in [-0.15, -0.1) is 0 Å². The average molecular weight is 345 g/mol. The van der Waals surface area contributed by atoms with Gasteiger partial charge in [-0.1, -0.05) is 0 Å². The van der Waals surface area contributed by atoms with Crippen LogP contribution in [0.3, 0.4) is 0 Å². The molecule has 0 radical (unpaired) electrons. The van der Waals surface area contributed by atoms with Gasteiger partial charge in [-0.05, 0) is 12.1 Å². The summed E-state index contributed by atoms with van der Waals surface area (Å²) in [6.45, 7) is 1.41. The van der Waals surface area contributed by atoms with Gasteiger partial charge in [0.05, 0.1) is 20.8 Å². The molecule has 0 saturated carbocycles. The van der Waals surface area contributed by atoms with E-state index in [9.17, 15) is 9.59 Å². The second kappa shape index (κ2) is 6.71. The Morgan fingerprint density at radius 3 is 2.68 bits per heavy atom. The molecule has 1 aromatic carbocycles. The van der Waals surface area contributed by atoms with Gasteiger partial charge in [0.2, 0.25) is 0 Å². The van der Waals surface area contributed by atoms with E-state index in [0.29, 0.717) is 23.7 Å². The number of ether oxygens (including phenoxy) is 2. The molecule has 132 valence electrons. The van der Waals surface area contributed by atoms with Crippen molar-refractivity contribution in [2.75, 3.05) is 38.0 Å². The van der Waals surface area contributed by atoms with Gasteiger partial charge in [-0.25, -0.2) is 14.3 Å². The number of esters is 1. The van der Waals surface area contributed by atoms with Gasteiger partial charge < -0.3 is 19.7 Å². The molecule has 3 rings (SSSR count). The molecule has 25 heavy (non-hydrogen) atoms.